The lowest BCUT2D eigenvalue weighted by atomic mass is 9.87. The molecule has 0 radical (unpaired) electrons. The second-order valence-electron chi connectivity index (χ2n) is 3.31. The molecule has 9 heavy (non-hydrogen) atoms. The van der Waals surface area contributed by atoms with E-state index in [4.69, 9.17) is 0 Å². The molecule has 1 saturated carbocycles. The zero-order valence-corrected chi connectivity index (χ0v) is 6.06. The van der Waals surface area contributed by atoms with E-state index < -0.39 is 0 Å². The van der Waals surface area contributed by atoms with Crippen LogP contribution in [0.1, 0.15) is 32.6 Å². The van der Waals surface area contributed by atoms with Crippen molar-refractivity contribution in [3.63, 3.8) is 0 Å². The summed E-state index contributed by atoms with van der Waals surface area (Å²) in [6.07, 6.45) is 8.26. The molecule has 2 aliphatic rings. The highest BCUT2D eigenvalue weighted by molar-refractivity contribution is 5.33. The van der Waals surface area contributed by atoms with E-state index in [9.17, 15) is 0 Å². The SMILES string of the molecule is CCC1CCCC2C=C21. The van der Waals surface area contributed by atoms with Gasteiger partial charge in [-0.15, -0.1) is 0 Å². The molecule has 0 spiro atoms. The smallest absolute Gasteiger partial charge is 0.00173 e. The maximum atomic E-state index is 2.47. The Morgan fingerprint density at radius 1 is 1.56 bits per heavy atom. The van der Waals surface area contributed by atoms with Crippen molar-refractivity contribution >= 4 is 0 Å². The lowest BCUT2D eigenvalue weighted by molar-refractivity contribution is 0.445. The van der Waals surface area contributed by atoms with Gasteiger partial charge in [0.2, 0.25) is 0 Å². The summed E-state index contributed by atoms with van der Waals surface area (Å²) in [5.41, 5.74) is 1.80. The molecule has 2 atom stereocenters. The Morgan fingerprint density at radius 2 is 2.44 bits per heavy atom. The van der Waals surface area contributed by atoms with Crippen LogP contribution in [0.15, 0.2) is 11.6 Å². The van der Waals surface area contributed by atoms with Crippen LogP contribution in [0.2, 0.25) is 0 Å². The van der Waals surface area contributed by atoms with Crippen molar-refractivity contribution in [2.75, 3.05) is 0 Å². The third-order valence-corrected chi connectivity index (χ3v) is 2.74. The minimum atomic E-state index is 0.976. The van der Waals surface area contributed by atoms with Gasteiger partial charge >= 0.3 is 0 Å². The summed E-state index contributed by atoms with van der Waals surface area (Å²) in [5.74, 6) is 1.97. The van der Waals surface area contributed by atoms with Gasteiger partial charge in [-0.3, -0.25) is 0 Å². The summed E-state index contributed by atoms with van der Waals surface area (Å²) >= 11 is 0. The molecule has 0 nitrogen and oxygen atoms in total. The van der Waals surface area contributed by atoms with Gasteiger partial charge in [-0.05, 0) is 31.1 Å². The maximum Gasteiger partial charge on any atom is -0.00173 e. The molecule has 0 heteroatoms. The first kappa shape index (κ1) is 5.52. The zero-order chi connectivity index (χ0) is 6.27. The van der Waals surface area contributed by atoms with Gasteiger partial charge in [-0.2, -0.15) is 0 Å². The quantitative estimate of drug-likeness (QED) is 0.469. The second kappa shape index (κ2) is 1.86. The molecule has 0 aliphatic heterocycles. The monoisotopic (exact) mass is 122 g/mol. The van der Waals surface area contributed by atoms with E-state index in [0.29, 0.717) is 0 Å². The number of allylic oxidation sites excluding steroid dienone is 2. The van der Waals surface area contributed by atoms with Crippen LogP contribution in [-0.2, 0) is 0 Å². The third-order valence-electron chi connectivity index (χ3n) is 2.74. The molecule has 2 aliphatic carbocycles. The largest absolute Gasteiger partial charge is 0.0773 e. The lowest BCUT2D eigenvalue weighted by Crippen LogP contribution is -2.05. The standard InChI is InChI=1S/C9H14/c1-2-7-4-3-5-8-6-9(7)8/h6-8H,2-5H2,1H3. The van der Waals surface area contributed by atoms with Crippen molar-refractivity contribution in [2.45, 2.75) is 32.6 Å². The van der Waals surface area contributed by atoms with Crippen LogP contribution < -0.4 is 0 Å². The highest BCUT2D eigenvalue weighted by Crippen LogP contribution is 2.46. The van der Waals surface area contributed by atoms with Crippen LogP contribution in [0.3, 0.4) is 0 Å². The Labute approximate surface area is 57.0 Å². The van der Waals surface area contributed by atoms with E-state index in [1.54, 1.807) is 5.57 Å². The van der Waals surface area contributed by atoms with Gasteiger partial charge < -0.3 is 0 Å². The highest BCUT2D eigenvalue weighted by atomic mass is 14.4. The molecule has 0 N–H and O–H groups in total. The fourth-order valence-electron chi connectivity index (χ4n) is 2.06. The van der Waals surface area contributed by atoms with Gasteiger partial charge in [0.1, 0.15) is 0 Å². The van der Waals surface area contributed by atoms with Crippen molar-refractivity contribution in [3.8, 4) is 0 Å². The van der Waals surface area contributed by atoms with E-state index >= 15 is 0 Å². The summed E-state index contributed by atoms with van der Waals surface area (Å²) in [6, 6.07) is 0. The van der Waals surface area contributed by atoms with Crippen LogP contribution in [0.4, 0.5) is 0 Å². The third kappa shape index (κ3) is 0.810. The van der Waals surface area contributed by atoms with Gasteiger partial charge in [0.05, 0.1) is 0 Å². The Morgan fingerprint density at radius 3 is 3.11 bits per heavy atom. The van der Waals surface area contributed by atoms with E-state index in [2.05, 4.69) is 13.0 Å². The van der Waals surface area contributed by atoms with Crippen LogP contribution >= 0.6 is 0 Å². The van der Waals surface area contributed by atoms with Crippen LogP contribution in [0, 0.1) is 11.8 Å². The fraction of sp³-hybridized carbons (Fsp3) is 0.778. The molecular formula is C9H14. The predicted octanol–water partition coefficient (Wildman–Crippen LogP) is 2.75. The highest BCUT2D eigenvalue weighted by Gasteiger charge is 2.33. The van der Waals surface area contributed by atoms with Gasteiger partial charge in [0.25, 0.3) is 0 Å². The summed E-state index contributed by atoms with van der Waals surface area (Å²) < 4.78 is 0. The van der Waals surface area contributed by atoms with Crippen LogP contribution in [0.5, 0.6) is 0 Å². The van der Waals surface area contributed by atoms with E-state index in [1.807, 2.05) is 0 Å². The molecule has 2 unspecified atom stereocenters. The van der Waals surface area contributed by atoms with Crippen molar-refractivity contribution in [1.29, 1.82) is 0 Å². The number of fused-ring (bicyclic) bond motifs is 1. The molecule has 1 fully saturated rings. The maximum absolute atomic E-state index is 2.47. The summed E-state index contributed by atoms with van der Waals surface area (Å²) in [5, 5.41) is 0. The summed E-state index contributed by atoms with van der Waals surface area (Å²) in [4.78, 5) is 0. The average molecular weight is 122 g/mol. The Bertz CT molecular complexity index is 144. The lowest BCUT2D eigenvalue weighted by Gasteiger charge is -2.17. The average Bonchev–Trinajstić information content (AvgIpc) is 2.64. The number of rotatable bonds is 1. The molecule has 0 amide bonds. The van der Waals surface area contributed by atoms with Gasteiger partial charge in [0.15, 0.2) is 0 Å². The van der Waals surface area contributed by atoms with E-state index in [-0.39, 0.29) is 0 Å². The molecule has 0 aromatic carbocycles. The number of hydrogen-bond donors (Lipinski definition) is 0. The van der Waals surface area contributed by atoms with Crippen molar-refractivity contribution in [2.24, 2.45) is 11.8 Å². The predicted molar refractivity (Wildman–Crippen MR) is 39.2 cm³/mol. The van der Waals surface area contributed by atoms with Crippen LogP contribution in [0.25, 0.3) is 0 Å². The summed E-state index contributed by atoms with van der Waals surface area (Å²) in [6.45, 7) is 2.31. The normalized spacial score (nSPS) is 39.4. The molecule has 0 heterocycles. The molecule has 0 aromatic rings. The minimum Gasteiger partial charge on any atom is -0.0773 e. The van der Waals surface area contributed by atoms with Gasteiger partial charge in [-0.25, -0.2) is 0 Å². The van der Waals surface area contributed by atoms with Crippen LogP contribution in [-0.4, -0.2) is 0 Å². The van der Waals surface area contributed by atoms with Crippen molar-refractivity contribution in [3.05, 3.63) is 11.6 Å². The van der Waals surface area contributed by atoms with Gasteiger partial charge in [-0.1, -0.05) is 25.0 Å². The summed E-state index contributed by atoms with van der Waals surface area (Å²) in [7, 11) is 0. The minimum absolute atomic E-state index is 0.976. The Balaban J connectivity index is 1.99. The van der Waals surface area contributed by atoms with E-state index in [0.717, 1.165) is 11.8 Å². The van der Waals surface area contributed by atoms with Crippen molar-refractivity contribution in [1.82, 2.24) is 0 Å². The first-order valence-electron chi connectivity index (χ1n) is 4.13. The molecule has 0 bridgehead atoms. The Hall–Kier alpha value is -0.260. The first-order valence-corrected chi connectivity index (χ1v) is 4.13. The Kier molecular flexibility index (Phi) is 1.14. The topological polar surface area (TPSA) is 0 Å². The molecular weight excluding hydrogens is 108 g/mol. The number of hydrogen-bond acceptors (Lipinski definition) is 0. The molecule has 0 saturated heterocycles. The van der Waals surface area contributed by atoms with Gasteiger partial charge in [0, 0.05) is 0 Å². The fourth-order valence-corrected chi connectivity index (χ4v) is 2.06. The van der Waals surface area contributed by atoms with E-state index in [1.165, 1.54) is 25.7 Å². The van der Waals surface area contributed by atoms with Crippen molar-refractivity contribution < 1.29 is 0 Å². The zero-order valence-electron chi connectivity index (χ0n) is 6.06. The molecule has 0 aromatic heterocycles. The first-order chi connectivity index (χ1) is 4.42. The second-order valence-corrected chi connectivity index (χ2v) is 3.31. The molecule has 50 valence electrons. The molecule has 2 rings (SSSR count).